The van der Waals surface area contributed by atoms with Crippen molar-refractivity contribution < 1.29 is 4.79 Å². The van der Waals surface area contributed by atoms with E-state index in [-0.39, 0.29) is 11.9 Å². The van der Waals surface area contributed by atoms with Crippen molar-refractivity contribution in [3.8, 4) is 5.69 Å². The number of carbonyl (C=O) groups excluding carboxylic acids is 1. The van der Waals surface area contributed by atoms with Gasteiger partial charge in [0.05, 0.1) is 12.1 Å². The minimum atomic E-state index is 0.0386. The molecule has 0 aliphatic heterocycles. The van der Waals surface area contributed by atoms with Gasteiger partial charge in [-0.25, -0.2) is 4.68 Å². The van der Waals surface area contributed by atoms with Crippen LogP contribution in [0.5, 0.6) is 0 Å². The van der Waals surface area contributed by atoms with Crippen molar-refractivity contribution in [1.82, 2.24) is 25.5 Å². The quantitative estimate of drug-likeness (QED) is 0.765. The predicted octanol–water partition coefficient (Wildman–Crippen LogP) is 2.53. The molecule has 0 unspecified atom stereocenters. The molecule has 1 saturated carbocycles. The number of amides is 1. The number of aromatic nitrogens is 4. The number of carbonyl (C=O) groups is 1. The highest BCUT2D eigenvalue weighted by Crippen LogP contribution is 2.41. The van der Waals surface area contributed by atoms with E-state index >= 15 is 0 Å². The lowest BCUT2D eigenvalue weighted by molar-refractivity contribution is -0.120. The molecular formula is C18H16ClN5O. The maximum Gasteiger partial charge on any atom is 0.224 e. The van der Waals surface area contributed by atoms with Crippen molar-refractivity contribution in [2.45, 2.75) is 24.8 Å². The molecule has 1 fully saturated rings. The smallest absolute Gasteiger partial charge is 0.224 e. The molecule has 1 heterocycles. The summed E-state index contributed by atoms with van der Waals surface area (Å²) in [6, 6.07) is 15.7. The molecule has 0 bridgehead atoms. The van der Waals surface area contributed by atoms with Crippen molar-refractivity contribution in [3.63, 3.8) is 0 Å². The van der Waals surface area contributed by atoms with Crippen molar-refractivity contribution >= 4 is 17.5 Å². The maximum atomic E-state index is 12.2. The Balaban J connectivity index is 1.31. The van der Waals surface area contributed by atoms with Crippen LogP contribution in [0.4, 0.5) is 0 Å². The average molecular weight is 354 g/mol. The van der Waals surface area contributed by atoms with Crippen LogP contribution in [0.2, 0.25) is 5.02 Å². The SMILES string of the molecule is O=C(Cc1ccc(-n2cnnn2)cc1)N[C@@H]1C[C@H]1c1ccc(Cl)cc1. The molecule has 1 aliphatic carbocycles. The predicted molar refractivity (Wildman–Crippen MR) is 93.6 cm³/mol. The Morgan fingerprint density at radius 3 is 2.60 bits per heavy atom. The van der Waals surface area contributed by atoms with Gasteiger partial charge in [0.1, 0.15) is 6.33 Å². The summed E-state index contributed by atoms with van der Waals surface area (Å²) in [5.74, 6) is 0.431. The van der Waals surface area contributed by atoms with Gasteiger partial charge in [0.2, 0.25) is 5.91 Å². The maximum absolute atomic E-state index is 12.2. The number of benzene rings is 2. The van der Waals surface area contributed by atoms with Gasteiger partial charge in [-0.05, 0) is 52.2 Å². The summed E-state index contributed by atoms with van der Waals surface area (Å²) < 4.78 is 1.57. The Kier molecular flexibility index (Phi) is 4.19. The van der Waals surface area contributed by atoms with E-state index in [1.165, 1.54) is 11.9 Å². The Hall–Kier alpha value is -2.73. The van der Waals surface area contributed by atoms with Crippen LogP contribution in [-0.2, 0) is 11.2 Å². The van der Waals surface area contributed by atoms with Crippen LogP contribution >= 0.6 is 11.6 Å². The highest BCUT2D eigenvalue weighted by Gasteiger charge is 2.39. The van der Waals surface area contributed by atoms with Crippen LogP contribution in [-0.4, -0.2) is 32.2 Å². The van der Waals surface area contributed by atoms with E-state index in [4.69, 9.17) is 11.6 Å². The number of tetrazole rings is 1. The number of hydrogen-bond acceptors (Lipinski definition) is 4. The van der Waals surface area contributed by atoms with Gasteiger partial charge >= 0.3 is 0 Å². The minimum absolute atomic E-state index is 0.0386. The normalized spacial score (nSPS) is 18.8. The van der Waals surface area contributed by atoms with E-state index in [1.54, 1.807) is 4.68 Å². The summed E-state index contributed by atoms with van der Waals surface area (Å²) in [5, 5.41) is 14.9. The second-order valence-electron chi connectivity index (χ2n) is 6.17. The summed E-state index contributed by atoms with van der Waals surface area (Å²) >= 11 is 5.91. The molecule has 0 saturated heterocycles. The zero-order valence-electron chi connectivity index (χ0n) is 13.3. The van der Waals surface area contributed by atoms with Crippen LogP contribution in [0.15, 0.2) is 54.9 Å². The first kappa shape index (κ1) is 15.8. The monoisotopic (exact) mass is 353 g/mol. The van der Waals surface area contributed by atoms with Crippen molar-refractivity contribution in [2.75, 3.05) is 0 Å². The Labute approximate surface area is 149 Å². The van der Waals surface area contributed by atoms with E-state index in [0.717, 1.165) is 22.7 Å². The van der Waals surface area contributed by atoms with Crippen LogP contribution in [0.3, 0.4) is 0 Å². The molecular weight excluding hydrogens is 338 g/mol. The fourth-order valence-corrected chi connectivity index (χ4v) is 3.05. The Bertz CT molecular complexity index is 861. The van der Waals surface area contributed by atoms with Gasteiger partial charge in [-0.2, -0.15) is 0 Å². The molecule has 0 radical (unpaired) electrons. The topological polar surface area (TPSA) is 72.7 Å². The summed E-state index contributed by atoms with van der Waals surface area (Å²) in [4.78, 5) is 12.2. The standard InChI is InChI=1S/C18H16ClN5O/c19-14-5-3-13(4-6-14)16-10-17(16)21-18(25)9-12-1-7-15(8-2-12)24-11-20-22-23-24/h1-8,11,16-17H,9-10H2,(H,21,25)/t16-,17+/m0/s1. The Morgan fingerprint density at radius 1 is 1.16 bits per heavy atom. The van der Waals surface area contributed by atoms with Crippen LogP contribution in [0, 0.1) is 0 Å². The van der Waals surface area contributed by atoms with Gasteiger partial charge in [0, 0.05) is 17.0 Å². The van der Waals surface area contributed by atoms with Crippen molar-refractivity contribution in [2.24, 2.45) is 0 Å². The largest absolute Gasteiger partial charge is 0.352 e. The Morgan fingerprint density at radius 2 is 1.92 bits per heavy atom. The number of nitrogens with one attached hydrogen (secondary N) is 1. The zero-order chi connectivity index (χ0) is 17.2. The minimum Gasteiger partial charge on any atom is -0.352 e. The van der Waals surface area contributed by atoms with E-state index in [0.29, 0.717) is 12.3 Å². The summed E-state index contributed by atoms with van der Waals surface area (Å²) in [6.45, 7) is 0. The molecule has 4 rings (SSSR count). The number of hydrogen-bond donors (Lipinski definition) is 1. The molecule has 1 N–H and O–H groups in total. The molecule has 126 valence electrons. The molecule has 1 aromatic heterocycles. The summed E-state index contributed by atoms with van der Waals surface area (Å²) in [5.41, 5.74) is 3.04. The highest BCUT2D eigenvalue weighted by atomic mass is 35.5. The molecule has 25 heavy (non-hydrogen) atoms. The fraction of sp³-hybridized carbons (Fsp3) is 0.222. The van der Waals surface area contributed by atoms with Crippen LogP contribution in [0.25, 0.3) is 5.69 Å². The number of halogens is 1. The van der Waals surface area contributed by atoms with Crippen molar-refractivity contribution in [1.29, 1.82) is 0 Å². The van der Waals surface area contributed by atoms with E-state index < -0.39 is 0 Å². The lowest BCUT2D eigenvalue weighted by Crippen LogP contribution is -2.28. The van der Waals surface area contributed by atoms with Gasteiger partial charge in [-0.15, -0.1) is 5.10 Å². The first-order valence-electron chi connectivity index (χ1n) is 8.06. The second kappa shape index (κ2) is 6.64. The van der Waals surface area contributed by atoms with E-state index in [9.17, 15) is 4.79 Å². The third kappa shape index (κ3) is 3.69. The molecule has 1 aliphatic rings. The molecule has 3 aromatic rings. The van der Waals surface area contributed by atoms with Gasteiger partial charge < -0.3 is 5.32 Å². The summed E-state index contributed by atoms with van der Waals surface area (Å²) in [7, 11) is 0. The molecule has 2 atom stereocenters. The van der Waals surface area contributed by atoms with E-state index in [2.05, 4.69) is 20.8 Å². The average Bonchev–Trinajstić information content (AvgIpc) is 3.15. The summed E-state index contributed by atoms with van der Waals surface area (Å²) in [6.07, 6.45) is 2.87. The number of rotatable bonds is 5. The third-order valence-electron chi connectivity index (χ3n) is 4.35. The first-order valence-corrected chi connectivity index (χ1v) is 8.44. The second-order valence-corrected chi connectivity index (χ2v) is 6.60. The molecule has 1 amide bonds. The van der Waals surface area contributed by atoms with Crippen LogP contribution in [0.1, 0.15) is 23.5 Å². The first-order chi connectivity index (χ1) is 12.2. The molecule has 7 heteroatoms. The molecule has 2 aromatic carbocycles. The van der Waals surface area contributed by atoms with Crippen molar-refractivity contribution in [3.05, 3.63) is 71.0 Å². The molecule has 0 spiro atoms. The van der Waals surface area contributed by atoms with Crippen LogP contribution < -0.4 is 5.32 Å². The third-order valence-corrected chi connectivity index (χ3v) is 4.60. The fourth-order valence-electron chi connectivity index (χ4n) is 2.92. The lowest BCUT2D eigenvalue weighted by atomic mass is 10.1. The van der Waals surface area contributed by atoms with Gasteiger partial charge in [-0.1, -0.05) is 35.9 Å². The highest BCUT2D eigenvalue weighted by molar-refractivity contribution is 6.30. The lowest BCUT2D eigenvalue weighted by Gasteiger charge is -2.06. The number of nitrogens with zero attached hydrogens (tertiary/aromatic N) is 4. The van der Waals surface area contributed by atoms with Gasteiger partial charge in [0.25, 0.3) is 0 Å². The van der Waals surface area contributed by atoms with Gasteiger partial charge in [-0.3, -0.25) is 4.79 Å². The van der Waals surface area contributed by atoms with Gasteiger partial charge in [0.15, 0.2) is 0 Å². The zero-order valence-corrected chi connectivity index (χ0v) is 14.1. The molecule has 6 nitrogen and oxygen atoms in total. The van der Waals surface area contributed by atoms with E-state index in [1.807, 2.05) is 48.5 Å².